The van der Waals surface area contributed by atoms with Gasteiger partial charge in [-0.3, -0.25) is 14.4 Å². The summed E-state index contributed by atoms with van der Waals surface area (Å²) in [4.78, 5) is 38.9. The fraction of sp³-hybridized carbons (Fsp3) is 0.0357. The number of thioether (sulfide) groups is 1. The molecule has 3 amide bonds. The number of furan rings is 1. The SMILES string of the molecule is O=C(CSc1cccc(NC(=O)/C(=C/c2ccco2)NC(=O)c2ccccc2)c1)Nc1ccc(Cl)c(Cl)c1. The Morgan fingerprint density at radius 1 is 0.816 bits per heavy atom. The van der Waals surface area contributed by atoms with Gasteiger partial charge in [-0.2, -0.15) is 0 Å². The van der Waals surface area contributed by atoms with Crippen LogP contribution in [0.2, 0.25) is 10.0 Å². The molecular formula is C28H21Cl2N3O4S. The molecule has 0 aliphatic rings. The van der Waals surface area contributed by atoms with E-state index in [1.807, 2.05) is 6.07 Å². The number of anilines is 2. The van der Waals surface area contributed by atoms with Crippen LogP contribution in [-0.4, -0.2) is 23.5 Å². The molecule has 1 aromatic heterocycles. The second-order valence-electron chi connectivity index (χ2n) is 7.84. The Balaban J connectivity index is 1.40. The van der Waals surface area contributed by atoms with Crippen LogP contribution in [0.15, 0.2) is 106 Å². The Bertz CT molecular complexity index is 1470. The Morgan fingerprint density at radius 2 is 1.61 bits per heavy atom. The van der Waals surface area contributed by atoms with Crippen molar-refractivity contribution >= 4 is 70.1 Å². The lowest BCUT2D eigenvalue weighted by atomic mass is 10.2. The number of nitrogens with one attached hydrogen (secondary N) is 3. The van der Waals surface area contributed by atoms with E-state index in [0.29, 0.717) is 32.7 Å². The lowest BCUT2D eigenvalue weighted by molar-refractivity contribution is -0.114. The van der Waals surface area contributed by atoms with Crippen LogP contribution in [0.25, 0.3) is 6.08 Å². The van der Waals surface area contributed by atoms with Gasteiger partial charge >= 0.3 is 0 Å². The molecule has 3 aromatic carbocycles. The second kappa shape index (κ2) is 13.0. The van der Waals surface area contributed by atoms with Gasteiger partial charge in [-0.1, -0.05) is 47.5 Å². The summed E-state index contributed by atoms with van der Waals surface area (Å²) in [7, 11) is 0. The predicted molar refractivity (Wildman–Crippen MR) is 151 cm³/mol. The molecule has 4 aromatic rings. The molecule has 7 nitrogen and oxygen atoms in total. The molecule has 0 radical (unpaired) electrons. The van der Waals surface area contributed by atoms with Gasteiger partial charge in [0.2, 0.25) is 5.91 Å². The molecule has 0 unspecified atom stereocenters. The molecule has 10 heteroatoms. The summed E-state index contributed by atoms with van der Waals surface area (Å²) in [5, 5.41) is 8.95. The maximum atomic E-state index is 13.1. The monoisotopic (exact) mass is 565 g/mol. The zero-order valence-electron chi connectivity index (χ0n) is 19.7. The van der Waals surface area contributed by atoms with Crippen molar-refractivity contribution in [1.82, 2.24) is 5.32 Å². The Hall–Kier alpha value is -3.98. The number of amides is 3. The summed E-state index contributed by atoms with van der Waals surface area (Å²) in [6.45, 7) is 0. The highest BCUT2D eigenvalue weighted by molar-refractivity contribution is 8.00. The van der Waals surface area contributed by atoms with E-state index in [4.69, 9.17) is 27.6 Å². The maximum absolute atomic E-state index is 13.1. The molecule has 4 rings (SSSR count). The van der Waals surface area contributed by atoms with Gasteiger partial charge in [0.25, 0.3) is 11.8 Å². The van der Waals surface area contributed by atoms with Gasteiger partial charge < -0.3 is 20.4 Å². The van der Waals surface area contributed by atoms with Crippen LogP contribution in [0, 0.1) is 0 Å². The van der Waals surface area contributed by atoms with Gasteiger partial charge in [0.15, 0.2) is 0 Å². The van der Waals surface area contributed by atoms with Gasteiger partial charge in [0.1, 0.15) is 11.5 Å². The van der Waals surface area contributed by atoms with Crippen LogP contribution in [0.5, 0.6) is 0 Å². The summed E-state index contributed by atoms with van der Waals surface area (Å²) in [6.07, 6.45) is 2.92. The minimum absolute atomic E-state index is 0.00728. The van der Waals surface area contributed by atoms with E-state index < -0.39 is 11.8 Å². The quantitative estimate of drug-likeness (QED) is 0.154. The fourth-order valence-corrected chi connectivity index (χ4v) is 4.29. The zero-order valence-corrected chi connectivity index (χ0v) is 22.1. The Kier molecular flexibility index (Phi) is 9.26. The van der Waals surface area contributed by atoms with E-state index in [1.54, 1.807) is 78.9 Å². The number of hydrogen-bond acceptors (Lipinski definition) is 5. The summed E-state index contributed by atoms with van der Waals surface area (Å²) in [5.74, 6) is -0.661. The smallest absolute Gasteiger partial charge is 0.272 e. The van der Waals surface area contributed by atoms with Crippen molar-refractivity contribution in [1.29, 1.82) is 0 Å². The normalized spacial score (nSPS) is 11.1. The first kappa shape index (κ1) is 27.1. The van der Waals surface area contributed by atoms with E-state index in [2.05, 4.69) is 16.0 Å². The van der Waals surface area contributed by atoms with Gasteiger partial charge in [-0.25, -0.2) is 0 Å². The molecule has 1 heterocycles. The average Bonchev–Trinajstić information content (AvgIpc) is 3.43. The summed E-state index contributed by atoms with van der Waals surface area (Å²) >= 11 is 13.2. The molecule has 0 fully saturated rings. The van der Waals surface area contributed by atoms with Gasteiger partial charge in [0, 0.05) is 27.9 Å². The molecule has 0 bridgehead atoms. The van der Waals surface area contributed by atoms with E-state index >= 15 is 0 Å². The van der Waals surface area contributed by atoms with Crippen molar-refractivity contribution in [3.63, 3.8) is 0 Å². The molecule has 0 spiro atoms. The average molecular weight is 566 g/mol. The highest BCUT2D eigenvalue weighted by Gasteiger charge is 2.16. The largest absolute Gasteiger partial charge is 0.465 e. The number of rotatable bonds is 9. The van der Waals surface area contributed by atoms with Crippen molar-refractivity contribution < 1.29 is 18.8 Å². The first-order valence-electron chi connectivity index (χ1n) is 11.3. The van der Waals surface area contributed by atoms with Crippen molar-refractivity contribution in [2.75, 3.05) is 16.4 Å². The van der Waals surface area contributed by atoms with Crippen molar-refractivity contribution in [3.05, 3.63) is 118 Å². The van der Waals surface area contributed by atoms with Crippen LogP contribution < -0.4 is 16.0 Å². The van der Waals surface area contributed by atoms with E-state index in [-0.39, 0.29) is 17.4 Å². The molecular weight excluding hydrogens is 545 g/mol. The zero-order chi connectivity index (χ0) is 26.9. The van der Waals surface area contributed by atoms with Crippen LogP contribution in [0.3, 0.4) is 0 Å². The van der Waals surface area contributed by atoms with Crippen LogP contribution in [-0.2, 0) is 9.59 Å². The van der Waals surface area contributed by atoms with Crippen LogP contribution in [0.4, 0.5) is 11.4 Å². The highest BCUT2D eigenvalue weighted by Crippen LogP contribution is 2.26. The number of halogens is 2. The molecule has 192 valence electrons. The molecule has 0 aliphatic carbocycles. The summed E-state index contributed by atoms with van der Waals surface area (Å²) < 4.78 is 5.32. The number of carbonyl (C=O) groups excluding carboxylic acids is 3. The van der Waals surface area contributed by atoms with E-state index in [9.17, 15) is 14.4 Å². The second-order valence-corrected chi connectivity index (χ2v) is 9.70. The third kappa shape index (κ3) is 7.76. The minimum atomic E-state index is -0.537. The van der Waals surface area contributed by atoms with E-state index in [0.717, 1.165) is 4.90 Å². The lowest BCUT2D eigenvalue weighted by Gasteiger charge is -2.12. The van der Waals surface area contributed by atoms with Crippen LogP contribution >= 0.6 is 35.0 Å². The third-order valence-corrected chi connectivity index (χ3v) is 6.76. The van der Waals surface area contributed by atoms with Gasteiger partial charge in [-0.05, 0) is 60.7 Å². The molecule has 38 heavy (non-hydrogen) atoms. The number of benzene rings is 3. The van der Waals surface area contributed by atoms with Crippen molar-refractivity contribution in [2.24, 2.45) is 0 Å². The summed E-state index contributed by atoms with van der Waals surface area (Å²) in [5.41, 5.74) is 1.44. The molecule has 3 N–H and O–H groups in total. The molecule has 0 atom stereocenters. The maximum Gasteiger partial charge on any atom is 0.272 e. The van der Waals surface area contributed by atoms with Crippen molar-refractivity contribution in [3.8, 4) is 0 Å². The highest BCUT2D eigenvalue weighted by atomic mass is 35.5. The number of carbonyl (C=O) groups is 3. The lowest BCUT2D eigenvalue weighted by Crippen LogP contribution is -2.30. The van der Waals surface area contributed by atoms with Gasteiger partial charge in [0.05, 0.1) is 22.1 Å². The van der Waals surface area contributed by atoms with Gasteiger partial charge in [-0.15, -0.1) is 11.8 Å². The fourth-order valence-electron chi connectivity index (χ4n) is 3.24. The molecule has 0 saturated heterocycles. The van der Waals surface area contributed by atoms with E-state index in [1.165, 1.54) is 24.1 Å². The molecule has 0 saturated carbocycles. The van der Waals surface area contributed by atoms with Crippen molar-refractivity contribution in [2.45, 2.75) is 4.90 Å². The number of hydrogen-bond donors (Lipinski definition) is 3. The topological polar surface area (TPSA) is 100 Å². The summed E-state index contributed by atoms with van der Waals surface area (Å²) in [6, 6.07) is 23.8. The standard InChI is InChI=1S/C28H21Cl2N3O4S/c29-23-12-11-20(15-24(23)30)31-26(34)17-38-22-10-4-8-19(14-22)32-28(36)25(16-21-9-5-13-37-21)33-27(35)18-6-2-1-3-7-18/h1-16H,17H2,(H,31,34)(H,32,36)(H,33,35)/b25-16-. The third-order valence-electron chi connectivity index (χ3n) is 5.02. The Morgan fingerprint density at radius 3 is 2.34 bits per heavy atom. The first-order valence-corrected chi connectivity index (χ1v) is 13.0. The van der Waals surface area contributed by atoms with Crippen LogP contribution in [0.1, 0.15) is 16.1 Å². The minimum Gasteiger partial charge on any atom is -0.465 e. The predicted octanol–water partition coefficient (Wildman–Crippen LogP) is 6.73. The first-order chi connectivity index (χ1) is 18.4. The molecule has 0 aliphatic heterocycles. The Labute approximate surface area is 233 Å².